The molecule has 6 atom stereocenters. The van der Waals surface area contributed by atoms with Gasteiger partial charge < -0.3 is 40.3 Å². The van der Waals surface area contributed by atoms with Crippen molar-refractivity contribution in [3.05, 3.63) is 24.3 Å². The van der Waals surface area contributed by atoms with E-state index in [-0.39, 0.29) is 12.2 Å². The lowest BCUT2D eigenvalue weighted by molar-refractivity contribution is -0.147. The Morgan fingerprint density at radius 1 is 0.492 bits per heavy atom. The summed E-state index contributed by atoms with van der Waals surface area (Å²) in [5.41, 5.74) is 0. The maximum Gasteiger partial charge on any atom is 0.472 e. The molecule has 0 radical (unpaired) electrons. The van der Waals surface area contributed by atoms with Crippen molar-refractivity contribution in [3.8, 4) is 0 Å². The minimum absolute atomic E-state index is 0.158. The van der Waals surface area contributed by atoms with Crippen LogP contribution < -0.4 is 0 Å². The number of carbonyl (C=O) groups is 2. The van der Waals surface area contributed by atoms with E-state index in [1.165, 1.54) is 154 Å². The lowest BCUT2D eigenvalue weighted by Gasteiger charge is -2.26. The first-order chi connectivity index (χ1) is 31.5. The van der Waals surface area contributed by atoms with E-state index >= 15 is 0 Å². The van der Waals surface area contributed by atoms with Crippen molar-refractivity contribution in [1.82, 2.24) is 0 Å². The van der Waals surface area contributed by atoms with Crippen LogP contribution in [0.15, 0.2) is 24.3 Å². The van der Waals surface area contributed by atoms with Gasteiger partial charge in [0, 0.05) is 12.8 Å². The summed E-state index contributed by atoms with van der Waals surface area (Å²) in [6.45, 7) is -0.865. The van der Waals surface area contributed by atoms with Crippen LogP contribution in [0.2, 0.25) is 0 Å². The highest BCUT2D eigenvalue weighted by atomic mass is 31.2. The average Bonchev–Trinajstić information content (AvgIpc) is 3.30. The quantitative estimate of drug-likeness (QED) is 0.00993. The van der Waals surface area contributed by atoms with Crippen LogP contribution in [-0.4, -0.2) is 104 Å². The van der Waals surface area contributed by atoms with Crippen LogP contribution in [0.5, 0.6) is 0 Å². The summed E-state index contributed by atoms with van der Waals surface area (Å²) in [6.07, 6.45) is 41.2. The minimum Gasteiger partial charge on any atom is -0.463 e. The summed E-state index contributed by atoms with van der Waals surface area (Å²) in [5, 5.41) is 56.9. The minimum atomic E-state index is -4.88. The molecule has 13 nitrogen and oxygen atoms in total. The van der Waals surface area contributed by atoms with Crippen LogP contribution >= 0.6 is 7.82 Å². The lowest BCUT2D eigenvalue weighted by Crippen LogP contribution is -2.47. The smallest absolute Gasteiger partial charge is 0.463 e. The normalized spacial score (nSPS) is 15.3. The van der Waals surface area contributed by atoms with Gasteiger partial charge in [0.1, 0.15) is 37.1 Å². The fourth-order valence-corrected chi connectivity index (χ4v) is 8.56. The number of hydrogen-bond donors (Lipinski definition) is 7. The molecule has 0 aliphatic heterocycles. The fourth-order valence-electron chi connectivity index (χ4n) is 7.65. The number of rotatable bonds is 50. The first-order valence-corrected chi connectivity index (χ1v) is 27.6. The van der Waals surface area contributed by atoms with Crippen LogP contribution in [0, 0.1) is 0 Å². The standard InChI is InChI=1S/C51H97O13P/c1-2-3-4-5-6-7-8-9-10-11-12-13-14-15-17-20-23-26-29-32-35-38-45(54)39-36-33-30-27-24-21-18-16-19-22-25-28-31-34-37-40-49(57)62-43-46(41-52)64-65(60,61)63-44-48(56)51(59)50(58)47(55)42-53/h23,26,35,38,46-48,50-53,55-56,58-59H,2-22,24-25,27-34,36-37,39-44H2,1H3,(H,60,61)/t46-,47+,48+,50+,51+/m0/s1. The summed E-state index contributed by atoms with van der Waals surface area (Å²) >= 11 is 0. The molecule has 0 aliphatic carbocycles. The number of phosphoric acid groups is 1. The van der Waals surface area contributed by atoms with Crippen LogP contribution in [0.1, 0.15) is 232 Å². The number of aliphatic hydroxyl groups is 6. The molecule has 0 amide bonds. The molecule has 0 saturated carbocycles. The van der Waals surface area contributed by atoms with Crippen LogP contribution in [0.25, 0.3) is 0 Å². The van der Waals surface area contributed by atoms with Gasteiger partial charge in [0.05, 0.1) is 19.8 Å². The summed E-state index contributed by atoms with van der Waals surface area (Å²) in [6, 6.07) is 0. The average molecular weight is 949 g/mol. The number of ketones is 1. The lowest BCUT2D eigenvalue weighted by atomic mass is 10.0. The zero-order valence-corrected chi connectivity index (χ0v) is 41.7. The van der Waals surface area contributed by atoms with E-state index in [0.29, 0.717) is 12.8 Å². The molecule has 14 heteroatoms. The van der Waals surface area contributed by atoms with E-state index in [1.807, 2.05) is 6.08 Å². The molecule has 7 N–H and O–H groups in total. The Morgan fingerprint density at radius 3 is 1.35 bits per heavy atom. The third kappa shape index (κ3) is 42.3. The SMILES string of the molecule is CCCCCCCCCCCCCCCCCC=CCCC=CC(=O)CCCCCCCCCCCCCCCCCC(=O)OC[C@H](CO)OP(=O)(O)OC[C@@H](O)[C@@H](O)[C@H](O)[C@H](O)CO. The van der Waals surface area contributed by atoms with E-state index in [0.717, 1.165) is 51.4 Å². The molecule has 384 valence electrons. The summed E-state index contributed by atoms with van der Waals surface area (Å²) in [7, 11) is -4.88. The largest absolute Gasteiger partial charge is 0.472 e. The predicted octanol–water partition coefficient (Wildman–Crippen LogP) is 10.8. The second-order valence-electron chi connectivity index (χ2n) is 18.1. The number of carbonyl (C=O) groups excluding carboxylic acids is 2. The Morgan fingerprint density at radius 2 is 0.892 bits per heavy atom. The van der Waals surface area contributed by atoms with Gasteiger partial charge in [-0.1, -0.05) is 199 Å². The zero-order valence-electron chi connectivity index (χ0n) is 40.8. The third-order valence-corrected chi connectivity index (χ3v) is 12.9. The highest BCUT2D eigenvalue weighted by Crippen LogP contribution is 2.44. The number of hydrogen-bond acceptors (Lipinski definition) is 12. The van der Waals surface area contributed by atoms with Crippen molar-refractivity contribution in [2.75, 3.05) is 26.4 Å². The van der Waals surface area contributed by atoms with Crippen molar-refractivity contribution < 1.29 is 63.5 Å². The molecule has 0 aromatic carbocycles. The number of unbranched alkanes of at least 4 members (excludes halogenated alkanes) is 30. The van der Waals surface area contributed by atoms with Gasteiger partial charge in [0.15, 0.2) is 5.78 Å². The summed E-state index contributed by atoms with van der Waals surface area (Å²) in [5.74, 6) is -0.279. The van der Waals surface area contributed by atoms with Crippen molar-refractivity contribution in [2.45, 2.75) is 262 Å². The van der Waals surface area contributed by atoms with E-state index in [2.05, 4.69) is 23.6 Å². The van der Waals surface area contributed by atoms with Crippen LogP contribution in [0.4, 0.5) is 0 Å². The van der Waals surface area contributed by atoms with Gasteiger partial charge in [0.2, 0.25) is 0 Å². The van der Waals surface area contributed by atoms with E-state index in [1.54, 1.807) is 6.08 Å². The van der Waals surface area contributed by atoms with Crippen molar-refractivity contribution >= 4 is 19.6 Å². The number of allylic oxidation sites excluding steroid dienone is 4. The van der Waals surface area contributed by atoms with E-state index < -0.39 is 70.7 Å². The number of esters is 1. The Balaban J connectivity index is 3.58. The highest BCUT2D eigenvalue weighted by molar-refractivity contribution is 7.47. The molecule has 0 spiro atoms. The van der Waals surface area contributed by atoms with Gasteiger partial charge in [0.25, 0.3) is 0 Å². The Bertz CT molecular complexity index is 1180. The van der Waals surface area contributed by atoms with Gasteiger partial charge >= 0.3 is 13.8 Å². The first kappa shape index (κ1) is 63.5. The molecule has 65 heavy (non-hydrogen) atoms. The van der Waals surface area contributed by atoms with Crippen LogP contribution in [0.3, 0.4) is 0 Å². The number of ether oxygens (including phenoxy) is 1. The molecule has 0 bridgehead atoms. The molecule has 0 aliphatic rings. The first-order valence-electron chi connectivity index (χ1n) is 26.1. The fraction of sp³-hybridized carbons (Fsp3) is 0.882. The molecule has 0 aromatic rings. The maximum atomic E-state index is 12.2. The monoisotopic (exact) mass is 949 g/mol. The van der Waals surface area contributed by atoms with Gasteiger partial charge in [-0.15, -0.1) is 0 Å². The van der Waals surface area contributed by atoms with Crippen molar-refractivity contribution in [2.24, 2.45) is 0 Å². The topological polar surface area (TPSA) is 221 Å². The molecular weight excluding hydrogens is 852 g/mol. The Kier molecular flexibility index (Phi) is 45.2. The summed E-state index contributed by atoms with van der Waals surface area (Å²) in [4.78, 5) is 34.2. The number of aliphatic hydroxyl groups excluding tert-OH is 6. The highest BCUT2D eigenvalue weighted by Gasteiger charge is 2.34. The maximum absolute atomic E-state index is 12.2. The van der Waals surface area contributed by atoms with Gasteiger partial charge in [-0.2, -0.15) is 0 Å². The second-order valence-corrected chi connectivity index (χ2v) is 19.5. The Labute approximate surface area is 394 Å². The van der Waals surface area contributed by atoms with E-state index in [9.17, 15) is 44.6 Å². The molecular formula is C51H97O13P. The predicted molar refractivity (Wildman–Crippen MR) is 260 cm³/mol. The number of phosphoric ester groups is 1. The van der Waals surface area contributed by atoms with E-state index in [4.69, 9.17) is 14.4 Å². The van der Waals surface area contributed by atoms with Gasteiger partial charge in [-0.25, -0.2) is 4.57 Å². The van der Waals surface area contributed by atoms with Crippen LogP contribution in [-0.2, 0) is 27.9 Å². The van der Waals surface area contributed by atoms with Crippen molar-refractivity contribution in [3.63, 3.8) is 0 Å². The van der Waals surface area contributed by atoms with Crippen molar-refractivity contribution in [1.29, 1.82) is 0 Å². The second kappa shape index (κ2) is 46.2. The zero-order chi connectivity index (χ0) is 48.1. The summed E-state index contributed by atoms with van der Waals surface area (Å²) < 4.78 is 26.6. The molecule has 0 heterocycles. The molecule has 1 unspecified atom stereocenters. The molecule has 0 aromatic heterocycles. The third-order valence-electron chi connectivity index (χ3n) is 11.9. The molecule has 0 saturated heterocycles. The molecule has 0 rings (SSSR count). The molecule has 0 fully saturated rings. The van der Waals surface area contributed by atoms with Gasteiger partial charge in [-0.3, -0.25) is 18.6 Å². The van der Waals surface area contributed by atoms with Gasteiger partial charge in [-0.05, 0) is 44.6 Å². The Hall–Kier alpha value is -1.51.